The smallest absolute Gasteiger partial charge is 0.153 e. The fourth-order valence-electron chi connectivity index (χ4n) is 0.823. The van der Waals surface area contributed by atoms with Gasteiger partial charge in [0.25, 0.3) is 0 Å². The molecule has 0 bridgehead atoms. The Bertz CT molecular complexity index is 348. The molecule has 0 unspecified atom stereocenters. The van der Waals surface area contributed by atoms with Crippen molar-refractivity contribution in [1.29, 1.82) is 0 Å². The molecule has 1 rings (SSSR count). The molecule has 2 N–H and O–H groups in total. The van der Waals surface area contributed by atoms with Crippen molar-refractivity contribution in [3.05, 3.63) is 30.0 Å². The van der Waals surface area contributed by atoms with Gasteiger partial charge in [0.1, 0.15) is 5.82 Å². The molecule has 0 radical (unpaired) electrons. The number of allylic oxidation sites excluding steroid dienone is 1. The van der Waals surface area contributed by atoms with Crippen LogP contribution in [0.4, 0.5) is 5.82 Å². The Balaban J connectivity index is 0.000000583. The first-order valence-corrected chi connectivity index (χ1v) is 4.34. The van der Waals surface area contributed by atoms with E-state index in [1.807, 2.05) is 6.92 Å². The summed E-state index contributed by atoms with van der Waals surface area (Å²) >= 11 is 0. The van der Waals surface area contributed by atoms with E-state index in [0.29, 0.717) is 11.8 Å². The minimum absolute atomic E-state index is 0.255. The van der Waals surface area contributed by atoms with Crippen molar-refractivity contribution in [2.24, 2.45) is 0 Å². The number of hydrogen-bond acceptors (Lipinski definition) is 4. The van der Waals surface area contributed by atoms with Gasteiger partial charge in [-0.2, -0.15) is 0 Å². The van der Waals surface area contributed by atoms with Crippen LogP contribution in [-0.2, 0) is 4.74 Å². The molecule has 0 aliphatic heterocycles. The lowest BCUT2D eigenvalue weighted by Crippen LogP contribution is -1.98. The molecule has 0 fully saturated rings. The number of anilines is 1. The number of nitrogens with zero attached hydrogens (tertiary/aromatic N) is 1. The summed E-state index contributed by atoms with van der Waals surface area (Å²) in [6.45, 7) is 5.55. The maximum atomic E-state index is 10.4. The van der Waals surface area contributed by atoms with E-state index in [9.17, 15) is 4.79 Å². The highest BCUT2D eigenvalue weighted by Crippen LogP contribution is 2.12. The van der Waals surface area contributed by atoms with Crippen LogP contribution in [-0.4, -0.2) is 25.5 Å². The van der Waals surface area contributed by atoms with Crippen LogP contribution in [0, 0.1) is 0 Å². The number of nitrogens with two attached hydrogens (primary N) is 1. The molecule has 0 saturated carbocycles. The molecule has 0 aliphatic carbocycles. The lowest BCUT2D eigenvalue weighted by atomic mass is 10.2. The zero-order valence-electron chi connectivity index (χ0n) is 9.28. The summed E-state index contributed by atoms with van der Waals surface area (Å²) < 4.78 is 4.25. The number of carbonyl (C=O) groups excluding carboxylic acids is 1. The SMILES string of the molecule is C=C(C)c1ccc(C=O)c(N)n1.COC. The lowest BCUT2D eigenvalue weighted by molar-refractivity contribution is 0.112. The molecule has 0 saturated heterocycles. The van der Waals surface area contributed by atoms with Gasteiger partial charge in [-0.1, -0.05) is 6.58 Å². The molecule has 1 heterocycles. The highest BCUT2D eigenvalue weighted by atomic mass is 16.4. The van der Waals surface area contributed by atoms with Crippen LogP contribution in [0.1, 0.15) is 23.0 Å². The Morgan fingerprint density at radius 2 is 2.07 bits per heavy atom. The Morgan fingerprint density at radius 1 is 1.53 bits per heavy atom. The minimum atomic E-state index is 0.255. The van der Waals surface area contributed by atoms with E-state index in [4.69, 9.17) is 5.73 Å². The molecule has 1 aromatic heterocycles. The van der Waals surface area contributed by atoms with E-state index >= 15 is 0 Å². The fraction of sp³-hybridized carbons (Fsp3) is 0.273. The molecule has 0 atom stereocenters. The second kappa shape index (κ2) is 6.73. The van der Waals surface area contributed by atoms with Gasteiger partial charge in [-0.3, -0.25) is 4.79 Å². The molecular formula is C11H16N2O2. The van der Waals surface area contributed by atoms with Gasteiger partial charge < -0.3 is 10.5 Å². The average molecular weight is 208 g/mol. The van der Waals surface area contributed by atoms with E-state index in [1.54, 1.807) is 26.4 Å². The van der Waals surface area contributed by atoms with Crippen LogP contribution in [0.15, 0.2) is 18.7 Å². The van der Waals surface area contributed by atoms with Gasteiger partial charge >= 0.3 is 0 Å². The van der Waals surface area contributed by atoms with Gasteiger partial charge in [0.05, 0.1) is 11.3 Å². The summed E-state index contributed by atoms with van der Waals surface area (Å²) in [7, 11) is 3.25. The summed E-state index contributed by atoms with van der Waals surface area (Å²) in [4.78, 5) is 14.4. The number of aldehydes is 1. The number of pyridine rings is 1. The van der Waals surface area contributed by atoms with Gasteiger partial charge in [-0.25, -0.2) is 4.98 Å². The molecule has 0 aromatic carbocycles. The molecule has 0 amide bonds. The number of nitrogen functional groups attached to an aromatic ring is 1. The molecule has 82 valence electrons. The zero-order chi connectivity index (χ0) is 11.8. The van der Waals surface area contributed by atoms with Crippen LogP contribution >= 0.6 is 0 Å². The summed E-state index contributed by atoms with van der Waals surface area (Å²) in [5, 5.41) is 0. The molecule has 4 heteroatoms. The van der Waals surface area contributed by atoms with Crippen molar-refractivity contribution in [2.75, 3.05) is 20.0 Å². The molecule has 0 spiro atoms. The van der Waals surface area contributed by atoms with Crippen molar-refractivity contribution in [1.82, 2.24) is 4.98 Å². The number of carbonyl (C=O) groups is 1. The third-order valence-corrected chi connectivity index (χ3v) is 1.52. The van der Waals surface area contributed by atoms with Gasteiger partial charge in [-0.15, -0.1) is 0 Å². The monoisotopic (exact) mass is 208 g/mol. The average Bonchev–Trinajstić information content (AvgIpc) is 2.18. The van der Waals surface area contributed by atoms with Crippen molar-refractivity contribution in [3.8, 4) is 0 Å². The largest absolute Gasteiger partial charge is 0.388 e. The van der Waals surface area contributed by atoms with Gasteiger partial charge in [0, 0.05) is 14.2 Å². The maximum absolute atomic E-state index is 10.4. The van der Waals surface area contributed by atoms with Crippen molar-refractivity contribution >= 4 is 17.7 Å². The summed E-state index contributed by atoms with van der Waals surface area (Å²) in [5.74, 6) is 0.255. The van der Waals surface area contributed by atoms with Crippen LogP contribution in [0.3, 0.4) is 0 Å². The zero-order valence-corrected chi connectivity index (χ0v) is 9.28. The number of aromatic nitrogens is 1. The van der Waals surface area contributed by atoms with Crippen molar-refractivity contribution in [2.45, 2.75) is 6.92 Å². The molecule has 0 aliphatic rings. The maximum Gasteiger partial charge on any atom is 0.153 e. The quantitative estimate of drug-likeness (QED) is 0.752. The molecule has 4 nitrogen and oxygen atoms in total. The Hall–Kier alpha value is -1.68. The van der Waals surface area contributed by atoms with Gasteiger partial charge in [-0.05, 0) is 24.6 Å². The van der Waals surface area contributed by atoms with Crippen LogP contribution in [0.25, 0.3) is 5.57 Å². The molecule has 1 aromatic rings. The summed E-state index contributed by atoms with van der Waals surface area (Å²) in [6.07, 6.45) is 0.685. The van der Waals surface area contributed by atoms with Crippen molar-refractivity contribution < 1.29 is 9.53 Å². The minimum Gasteiger partial charge on any atom is -0.388 e. The highest BCUT2D eigenvalue weighted by Gasteiger charge is 2.00. The van der Waals surface area contributed by atoms with Crippen LogP contribution in [0.5, 0.6) is 0 Å². The molecule has 15 heavy (non-hydrogen) atoms. The van der Waals surface area contributed by atoms with Gasteiger partial charge in [0.2, 0.25) is 0 Å². The van der Waals surface area contributed by atoms with E-state index < -0.39 is 0 Å². The number of hydrogen-bond donors (Lipinski definition) is 1. The highest BCUT2D eigenvalue weighted by molar-refractivity contribution is 5.82. The first-order valence-electron chi connectivity index (χ1n) is 4.34. The van der Waals surface area contributed by atoms with Gasteiger partial charge in [0.15, 0.2) is 6.29 Å². The summed E-state index contributed by atoms with van der Waals surface area (Å²) in [6, 6.07) is 3.36. The lowest BCUT2D eigenvalue weighted by Gasteiger charge is -2.01. The Kier molecular flexibility index (Phi) is 5.97. The third-order valence-electron chi connectivity index (χ3n) is 1.52. The van der Waals surface area contributed by atoms with E-state index in [2.05, 4.69) is 16.3 Å². The van der Waals surface area contributed by atoms with E-state index in [1.165, 1.54) is 0 Å². The first-order chi connectivity index (χ1) is 7.06. The van der Waals surface area contributed by atoms with Crippen molar-refractivity contribution in [3.63, 3.8) is 0 Å². The normalized spacial score (nSPS) is 8.73. The number of rotatable bonds is 2. The van der Waals surface area contributed by atoms with Crippen LogP contribution in [0.2, 0.25) is 0 Å². The van der Waals surface area contributed by atoms with Crippen LogP contribution < -0.4 is 5.73 Å². The second-order valence-corrected chi connectivity index (χ2v) is 2.98. The predicted molar refractivity (Wildman–Crippen MR) is 61.7 cm³/mol. The summed E-state index contributed by atoms with van der Waals surface area (Å²) in [5.41, 5.74) is 7.46. The predicted octanol–water partition coefficient (Wildman–Crippen LogP) is 1.77. The number of ether oxygens (including phenoxy) is 1. The first kappa shape index (κ1) is 13.3. The standard InChI is InChI=1S/C9H10N2O.C2H6O/c1-6(2)8-4-3-7(5-12)9(10)11-8;1-3-2/h3-5H,1H2,2H3,(H2,10,11);1-2H3. The molecular weight excluding hydrogens is 192 g/mol. The fourth-order valence-corrected chi connectivity index (χ4v) is 0.823. The Morgan fingerprint density at radius 3 is 2.40 bits per heavy atom. The second-order valence-electron chi connectivity index (χ2n) is 2.98. The Labute approximate surface area is 89.8 Å². The third kappa shape index (κ3) is 4.37. The topological polar surface area (TPSA) is 65.2 Å². The van der Waals surface area contributed by atoms with E-state index in [0.717, 1.165) is 11.3 Å². The number of methoxy groups -OCH3 is 1. The van der Waals surface area contributed by atoms with E-state index in [-0.39, 0.29) is 5.82 Å².